The Morgan fingerprint density at radius 2 is 1.90 bits per heavy atom. The summed E-state index contributed by atoms with van der Waals surface area (Å²) >= 11 is 0. The molecule has 0 radical (unpaired) electrons. The Labute approximate surface area is 125 Å². The van der Waals surface area contributed by atoms with Gasteiger partial charge in [-0.15, -0.1) is 0 Å². The number of ether oxygens (including phenoxy) is 1. The molecule has 1 aromatic heterocycles. The summed E-state index contributed by atoms with van der Waals surface area (Å²) in [5, 5.41) is 16.1. The number of hydrogen-bond donors (Lipinski definition) is 3. The second-order valence-corrected chi connectivity index (χ2v) is 5.34. The molecule has 0 aromatic carbocycles. The summed E-state index contributed by atoms with van der Waals surface area (Å²) < 4.78 is 5.34. The number of rotatable bonds is 6. The average Bonchev–Trinajstić information content (AvgIpc) is 2.53. The van der Waals surface area contributed by atoms with Crippen molar-refractivity contribution >= 4 is 17.8 Å². The van der Waals surface area contributed by atoms with Crippen LogP contribution in [-0.2, 0) is 4.74 Å². The molecule has 1 aliphatic heterocycles. The van der Waals surface area contributed by atoms with Crippen molar-refractivity contribution in [2.45, 2.75) is 25.9 Å². The minimum absolute atomic E-state index is 0.388. The Hall–Kier alpha value is -1.67. The van der Waals surface area contributed by atoms with E-state index in [2.05, 4.69) is 30.5 Å². The van der Waals surface area contributed by atoms with Crippen molar-refractivity contribution in [1.82, 2.24) is 15.0 Å². The second kappa shape index (κ2) is 6.86. The summed E-state index contributed by atoms with van der Waals surface area (Å²) in [4.78, 5) is 15.1. The van der Waals surface area contributed by atoms with E-state index in [4.69, 9.17) is 4.74 Å². The van der Waals surface area contributed by atoms with Gasteiger partial charge in [0.05, 0.1) is 18.8 Å². The van der Waals surface area contributed by atoms with E-state index >= 15 is 0 Å². The lowest BCUT2D eigenvalue weighted by atomic mass is 10.0. The molecule has 1 saturated heterocycles. The van der Waals surface area contributed by atoms with Crippen LogP contribution >= 0.6 is 0 Å². The van der Waals surface area contributed by atoms with Crippen molar-refractivity contribution in [1.29, 1.82) is 0 Å². The highest BCUT2D eigenvalue weighted by atomic mass is 16.5. The van der Waals surface area contributed by atoms with Gasteiger partial charge in [0.25, 0.3) is 0 Å². The van der Waals surface area contributed by atoms with Gasteiger partial charge in [0.1, 0.15) is 0 Å². The lowest BCUT2D eigenvalue weighted by Crippen LogP contribution is -2.38. The fraction of sp³-hybridized carbons (Fsp3) is 0.769. The van der Waals surface area contributed by atoms with Gasteiger partial charge in [-0.05, 0) is 13.3 Å². The Balaban J connectivity index is 2.13. The van der Waals surface area contributed by atoms with Crippen LogP contribution in [0.15, 0.2) is 0 Å². The fourth-order valence-corrected chi connectivity index (χ4v) is 1.85. The van der Waals surface area contributed by atoms with Crippen molar-refractivity contribution in [3.05, 3.63) is 0 Å². The Morgan fingerprint density at radius 3 is 2.52 bits per heavy atom. The molecule has 1 aromatic rings. The second-order valence-electron chi connectivity index (χ2n) is 5.34. The largest absolute Gasteiger partial charge is 0.388 e. The molecule has 118 valence electrons. The van der Waals surface area contributed by atoms with Gasteiger partial charge in [0.2, 0.25) is 17.8 Å². The Kier molecular flexibility index (Phi) is 5.13. The third-order valence-corrected chi connectivity index (χ3v) is 3.53. The molecule has 0 aliphatic carbocycles. The standard InChI is InChI=1S/C13H24N6O2/c1-4-13(2,20)9-15-11-16-10(14-3)17-12(18-11)19-5-7-21-8-6-19/h20H,4-9H2,1-3H3,(H2,14,15,16,17,18). The van der Waals surface area contributed by atoms with Crippen LogP contribution in [0.25, 0.3) is 0 Å². The number of aliphatic hydroxyl groups is 1. The smallest absolute Gasteiger partial charge is 0.232 e. The zero-order valence-corrected chi connectivity index (χ0v) is 12.9. The molecule has 0 spiro atoms. The number of nitrogens with one attached hydrogen (secondary N) is 2. The van der Waals surface area contributed by atoms with Gasteiger partial charge in [-0.1, -0.05) is 6.92 Å². The van der Waals surface area contributed by atoms with Crippen molar-refractivity contribution in [3.63, 3.8) is 0 Å². The number of aromatic nitrogens is 3. The van der Waals surface area contributed by atoms with Gasteiger partial charge in [0, 0.05) is 26.7 Å². The molecule has 21 heavy (non-hydrogen) atoms. The summed E-state index contributed by atoms with van der Waals surface area (Å²) in [5.74, 6) is 1.59. The highest BCUT2D eigenvalue weighted by Gasteiger charge is 2.19. The normalized spacial score (nSPS) is 18.2. The zero-order valence-electron chi connectivity index (χ0n) is 12.9. The monoisotopic (exact) mass is 296 g/mol. The SMILES string of the molecule is CCC(C)(O)CNc1nc(NC)nc(N2CCOCC2)n1. The van der Waals surface area contributed by atoms with Crippen LogP contribution in [0.3, 0.4) is 0 Å². The maximum absolute atomic E-state index is 10.1. The van der Waals surface area contributed by atoms with E-state index in [0.29, 0.717) is 44.0 Å². The minimum atomic E-state index is -0.786. The van der Waals surface area contributed by atoms with E-state index in [9.17, 15) is 5.11 Å². The number of nitrogens with zero attached hydrogens (tertiary/aromatic N) is 4. The van der Waals surface area contributed by atoms with Gasteiger partial charge >= 0.3 is 0 Å². The van der Waals surface area contributed by atoms with Crippen LogP contribution in [0.2, 0.25) is 0 Å². The first kappa shape index (κ1) is 15.7. The fourth-order valence-electron chi connectivity index (χ4n) is 1.85. The van der Waals surface area contributed by atoms with Crippen LogP contribution in [-0.4, -0.2) is 65.6 Å². The van der Waals surface area contributed by atoms with E-state index < -0.39 is 5.60 Å². The summed E-state index contributed by atoms with van der Waals surface area (Å²) in [5.41, 5.74) is -0.786. The maximum Gasteiger partial charge on any atom is 0.232 e. The highest BCUT2D eigenvalue weighted by molar-refractivity contribution is 5.43. The summed E-state index contributed by atoms with van der Waals surface area (Å²) in [6.45, 7) is 6.98. The van der Waals surface area contributed by atoms with Crippen molar-refractivity contribution in [2.75, 3.05) is 55.4 Å². The lowest BCUT2D eigenvalue weighted by Gasteiger charge is -2.27. The first-order chi connectivity index (χ1) is 10.0. The number of morpholine rings is 1. The predicted molar refractivity (Wildman–Crippen MR) is 81.8 cm³/mol. The Morgan fingerprint density at radius 1 is 1.24 bits per heavy atom. The summed E-state index contributed by atoms with van der Waals surface area (Å²) in [7, 11) is 1.77. The van der Waals surface area contributed by atoms with Crippen molar-refractivity contribution in [2.24, 2.45) is 0 Å². The third-order valence-electron chi connectivity index (χ3n) is 3.53. The quantitative estimate of drug-likeness (QED) is 0.691. The van der Waals surface area contributed by atoms with Crippen molar-refractivity contribution < 1.29 is 9.84 Å². The third kappa shape index (κ3) is 4.40. The van der Waals surface area contributed by atoms with E-state index in [0.717, 1.165) is 13.1 Å². The summed E-state index contributed by atoms with van der Waals surface area (Å²) in [6.07, 6.45) is 0.653. The van der Waals surface area contributed by atoms with Gasteiger partial charge in [0.15, 0.2) is 0 Å². The van der Waals surface area contributed by atoms with E-state index in [-0.39, 0.29) is 0 Å². The predicted octanol–water partition coefficient (Wildman–Crippen LogP) is 0.323. The topological polar surface area (TPSA) is 95.4 Å². The van der Waals surface area contributed by atoms with Gasteiger partial charge in [-0.25, -0.2) is 0 Å². The van der Waals surface area contributed by atoms with Gasteiger partial charge in [-0.2, -0.15) is 15.0 Å². The molecular formula is C13H24N6O2. The first-order valence-corrected chi connectivity index (χ1v) is 7.27. The molecule has 1 fully saturated rings. The molecule has 2 rings (SSSR count). The highest BCUT2D eigenvalue weighted by Crippen LogP contribution is 2.16. The first-order valence-electron chi connectivity index (χ1n) is 7.27. The van der Waals surface area contributed by atoms with Crippen molar-refractivity contribution in [3.8, 4) is 0 Å². The molecule has 2 heterocycles. The van der Waals surface area contributed by atoms with Crippen LogP contribution in [0.4, 0.5) is 17.8 Å². The van der Waals surface area contributed by atoms with Crippen LogP contribution < -0.4 is 15.5 Å². The molecule has 0 saturated carbocycles. The molecule has 1 atom stereocenters. The van der Waals surface area contributed by atoms with E-state index in [1.807, 2.05) is 6.92 Å². The van der Waals surface area contributed by atoms with Crippen LogP contribution in [0.1, 0.15) is 20.3 Å². The Bertz CT molecular complexity index is 462. The minimum Gasteiger partial charge on any atom is -0.388 e. The van der Waals surface area contributed by atoms with Crippen LogP contribution in [0.5, 0.6) is 0 Å². The lowest BCUT2D eigenvalue weighted by molar-refractivity contribution is 0.0695. The summed E-state index contributed by atoms with van der Waals surface area (Å²) in [6, 6.07) is 0. The molecule has 0 bridgehead atoms. The average molecular weight is 296 g/mol. The van der Waals surface area contributed by atoms with Gasteiger partial charge in [-0.3, -0.25) is 0 Å². The molecule has 8 heteroatoms. The van der Waals surface area contributed by atoms with E-state index in [1.165, 1.54) is 0 Å². The van der Waals surface area contributed by atoms with Crippen LogP contribution in [0, 0.1) is 0 Å². The molecule has 3 N–H and O–H groups in total. The van der Waals surface area contributed by atoms with Gasteiger partial charge < -0.3 is 25.4 Å². The van der Waals surface area contributed by atoms with E-state index in [1.54, 1.807) is 14.0 Å². The maximum atomic E-state index is 10.1. The zero-order chi connectivity index (χ0) is 15.3. The molecule has 1 aliphatic rings. The molecule has 1 unspecified atom stereocenters. The molecular weight excluding hydrogens is 272 g/mol. The number of hydrogen-bond acceptors (Lipinski definition) is 8. The number of anilines is 3. The molecule has 0 amide bonds. The molecule has 8 nitrogen and oxygen atoms in total.